The Balaban J connectivity index is 1.59. The number of hydrogen-bond acceptors (Lipinski definition) is 6. The molecule has 0 radical (unpaired) electrons. The molecule has 3 aromatic rings. The number of oxime groups is 1. The van der Waals surface area contributed by atoms with Crippen LogP contribution in [0.2, 0.25) is 5.02 Å². The highest BCUT2D eigenvalue weighted by Gasteiger charge is 2.17. The Morgan fingerprint density at radius 2 is 1.79 bits per heavy atom. The first-order valence-electron chi connectivity index (χ1n) is 11.0. The predicted molar refractivity (Wildman–Crippen MR) is 133 cm³/mol. The number of aryl methyl sites for hydroxylation is 2. The van der Waals surface area contributed by atoms with E-state index >= 15 is 0 Å². The smallest absolute Gasteiger partial charge is 0.374 e. The SMILES string of the molecule is CCOc1cc(/C=N\OC(=O)[C@H](C)Oc2ccc(Cl)c(C)c2)ccc1OCc1ccccc1C. The zero-order chi connectivity index (χ0) is 24.5. The summed E-state index contributed by atoms with van der Waals surface area (Å²) in [7, 11) is 0. The van der Waals surface area contributed by atoms with E-state index < -0.39 is 12.1 Å². The molecule has 0 spiro atoms. The molecule has 3 aromatic carbocycles. The first-order chi connectivity index (χ1) is 16.4. The van der Waals surface area contributed by atoms with E-state index in [2.05, 4.69) is 5.16 Å². The minimum Gasteiger partial charge on any atom is -0.490 e. The van der Waals surface area contributed by atoms with Gasteiger partial charge in [0.05, 0.1) is 12.8 Å². The molecule has 34 heavy (non-hydrogen) atoms. The lowest BCUT2D eigenvalue weighted by atomic mass is 10.1. The van der Waals surface area contributed by atoms with Crippen LogP contribution in [0, 0.1) is 13.8 Å². The molecule has 7 heteroatoms. The molecule has 0 aliphatic carbocycles. The molecule has 0 bridgehead atoms. The van der Waals surface area contributed by atoms with Gasteiger partial charge in [0.15, 0.2) is 17.6 Å². The number of carbonyl (C=O) groups excluding carboxylic acids is 1. The Kier molecular flexibility index (Phi) is 8.93. The van der Waals surface area contributed by atoms with Crippen LogP contribution in [0.1, 0.15) is 36.1 Å². The maximum Gasteiger partial charge on any atom is 0.374 e. The largest absolute Gasteiger partial charge is 0.490 e. The van der Waals surface area contributed by atoms with E-state index in [4.69, 9.17) is 30.6 Å². The number of nitrogens with zero attached hydrogens (tertiary/aromatic N) is 1. The Bertz CT molecular complexity index is 1160. The summed E-state index contributed by atoms with van der Waals surface area (Å²) in [6, 6.07) is 18.6. The Morgan fingerprint density at radius 1 is 1.00 bits per heavy atom. The Labute approximate surface area is 205 Å². The van der Waals surface area contributed by atoms with Crippen molar-refractivity contribution in [1.82, 2.24) is 0 Å². The van der Waals surface area contributed by atoms with Gasteiger partial charge in [-0.25, -0.2) is 4.79 Å². The van der Waals surface area contributed by atoms with Crippen molar-refractivity contribution in [2.24, 2.45) is 5.16 Å². The van der Waals surface area contributed by atoms with Crippen molar-refractivity contribution in [1.29, 1.82) is 0 Å². The second-order valence-electron chi connectivity index (χ2n) is 7.67. The lowest BCUT2D eigenvalue weighted by Crippen LogP contribution is -2.24. The Hall–Kier alpha value is -3.51. The van der Waals surface area contributed by atoms with E-state index in [1.165, 1.54) is 6.21 Å². The topological polar surface area (TPSA) is 66.4 Å². The minimum absolute atomic E-state index is 0.433. The lowest BCUT2D eigenvalue weighted by Gasteiger charge is -2.14. The van der Waals surface area contributed by atoms with Gasteiger partial charge < -0.3 is 19.0 Å². The van der Waals surface area contributed by atoms with Gasteiger partial charge in [0.2, 0.25) is 0 Å². The van der Waals surface area contributed by atoms with Gasteiger partial charge in [-0.05, 0) is 80.8 Å². The van der Waals surface area contributed by atoms with E-state index in [1.54, 1.807) is 37.3 Å². The molecule has 0 unspecified atom stereocenters. The average molecular weight is 482 g/mol. The molecule has 0 aliphatic heterocycles. The van der Waals surface area contributed by atoms with Crippen LogP contribution in [0.25, 0.3) is 0 Å². The first kappa shape index (κ1) is 25.1. The summed E-state index contributed by atoms with van der Waals surface area (Å²) in [4.78, 5) is 17.2. The van der Waals surface area contributed by atoms with E-state index in [9.17, 15) is 4.79 Å². The summed E-state index contributed by atoms with van der Waals surface area (Å²) >= 11 is 6.02. The highest BCUT2D eigenvalue weighted by atomic mass is 35.5. The summed E-state index contributed by atoms with van der Waals surface area (Å²) in [5.41, 5.74) is 3.82. The van der Waals surface area contributed by atoms with E-state index in [1.807, 2.05) is 51.1 Å². The van der Waals surface area contributed by atoms with Crippen LogP contribution in [0.5, 0.6) is 17.2 Å². The lowest BCUT2D eigenvalue weighted by molar-refractivity contribution is -0.151. The predicted octanol–water partition coefficient (Wildman–Crippen LogP) is 6.28. The summed E-state index contributed by atoms with van der Waals surface area (Å²) in [6.45, 7) is 8.31. The number of rotatable bonds is 10. The number of ether oxygens (including phenoxy) is 3. The molecule has 0 aromatic heterocycles. The highest BCUT2D eigenvalue weighted by molar-refractivity contribution is 6.31. The van der Waals surface area contributed by atoms with Crippen molar-refractivity contribution in [3.05, 3.63) is 87.9 Å². The molecule has 0 aliphatic rings. The van der Waals surface area contributed by atoms with Gasteiger partial charge in [-0.3, -0.25) is 0 Å². The average Bonchev–Trinajstić information content (AvgIpc) is 2.82. The van der Waals surface area contributed by atoms with Gasteiger partial charge >= 0.3 is 5.97 Å². The van der Waals surface area contributed by atoms with Crippen LogP contribution in [0.15, 0.2) is 65.8 Å². The summed E-state index contributed by atoms with van der Waals surface area (Å²) < 4.78 is 17.3. The normalized spacial score (nSPS) is 11.8. The highest BCUT2D eigenvalue weighted by Crippen LogP contribution is 2.29. The van der Waals surface area contributed by atoms with Crippen LogP contribution in [0.3, 0.4) is 0 Å². The number of hydrogen-bond donors (Lipinski definition) is 0. The van der Waals surface area contributed by atoms with Crippen LogP contribution < -0.4 is 14.2 Å². The maximum atomic E-state index is 12.2. The van der Waals surface area contributed by atoms with Crippen molar-refractivity contribution in [3.63, 3.8) is 0 Å². The van der Waals surface area contributed by atoms with Crippen LogP contribution in [0.4, 0.5) is 0 Å². The van der Waals surface area contributed by atoms with Crippen molar-refractivity contribution in [3.8, 4) is 17.2 Å². The molecule has 0 amide bonds. The first-order valence-corrected chi connectivity index (χ1v) is 11.4. The zero-order valence-electron chi connectivity index (χ0n) is 19.7. The van der Waals surface area contributed by atoms with E-state index in [-0.39, 0.29) is 0 Å². The third-order valence-electron chi connectivity index (χ3n) is 5.03. The van der Waals surface area contributed by atoms with Gasteiger partial charge in [0, 0.05) is 10.6 Å². The summed E-state index contributed by atoms with van der Waals surface area (Å²) in [5.74, 6) is 1.12. The molecule has 6 nitrogen and oxygen atoms in total. The third-order valence-corrected chi connectivity index (χ3v) is 5.45. The van der Waals surface area contributed by atoms with Crippen LogP contribution in [-0.4, -0.2) is 24.9 Å². The monoisotopic (exact) mass is 481 g/mol. The molecule has 3 rings (SSSR count). The quantitative estimate of drug-likeness (QED) is 0.194. The number of benzene rings is 3. The van der Waals surface area contributed by atoms with Crippen LogP contribution >= 0.6 is 11.6 Å². The Morgan fingerprint density at radius 3 is 2.53 bits per heavy atom. The molecule has 0 heterocycles. The van der Waals surface area contributed by atoms with Crippen molar-refractivity contribution >= 4 is 23.8 Å². The fraction of sp³-hybridized carbons (Fsp3) is 0.259. The van der Waals surface area contributed by atoms with Crippen molar-refractivity contribution < 1.29 is 23.8 Å². The zero-order valence-corrected chi connectivity index (χ0v) is 20.5. The fourth-order valence-electron chi connectivity index (χ4n) is 3.08. The standard InChI is InChI=1S/C27H28ClNO5/c1-5-31-26-15-21(10-13-25(26)32-17-22-9-7-6-8-18(22)2)16-29-34-27(30)20(4)33-23-11-12-24(28)19(3)14-23/h6-16,20H,5,17H2,1-4H3/b29-16-/t20-/m0/s1. The van der Waals surface area contributed by atoms with Crippen molar-refractivity contribution in [2.45, 2.75) is 40.4 Å². The molecule has 0 saturated carbocycles. The molecule has 0 N–H and O–H groups in total. The summed E-state index contributed by atoms with van der Waals surface area (Å²) in [6.07, 6.45) is 0.596. The van der Waals surface area contributed by atoms with Gasteiger partial charge in [-0.15, -0.1) is 0 Å². The number of carbonyl (C=O) groups is 1. The second-order valence-corrected chi connectivity index (χ2v) is 8.08. The van der Waals surface area contributed by atoms with Crippen LogP contribution in [-0.2, 0) is 16.2 Å². The fourth-order valence-corrected chi connectivity index (χ4v) is 3.19. The molecule has 0 fully saturated rings. The number of halogens is 1. The van der Waals surface area contributed by atoms with Gasteiger partial charge in [-0.2, -0.15) is 0 Å². The molecule has 178 valence electrons. The summed E-state index contributed by atoms with van der Waals surface area (Å²) in [5, 5.41) is 4.43. The second kappa shape index (κ2) is 12.1. The van der Waals surface area contributed by atoms with Gasteiger partial charge in [0.25, 0.3) is 0 Å². The maximum absolute atomic E-state index is 12.2. The third kappa shape index (κ3) is 6.99. The molecule has 0 saturated heterocycles. The minimum atomic E-state index is -0.839. The molecular formula is C27H28ClNO5. The van der Waals surface area contributed by atoms with E-state index in [0.29, 0.717) is 41.0 Å². The molecule has 1 atom stereocenters. The molecular weight excluding hydrogens is 454 g/mol. The van der Waals surface area contributed by atoms with E-state index in [0.717, 1.165) is 16.7 Å². The van der Waals surface area contributed by atoms with Crippen molar-refractivity contribution in [2.75, 3.05) is 6.61 Å². The van der Waals surface area contributed by atoms with Gasteiger partial charge in [0.1, 0.15) is 12.4 Å². The van der Waals surface area contributed by atoms with Gasteiger partial charge in [-0.1, -0.05) is 41.0 Å².